The van der Waals surface area contributed by atoms with E-state index in [1.54, 1.807) is 13.2 Å². The van der Waals surface area contributed by atoms with Gasteiger partial charge in [-0.15, -0.1) is 0 Å². The summed E-state index contributed by atoms with van der Waals surface area (Å²) in [5.41, 5.74) is 2.75. The van der Waals surface area contributed by atoms with E-state index < -0.39 is 0 Å². The Kier molecular flexibility index (Phi) is 5.54. The maximum absolute atomic E-state index is 13.6. The van der Waals surface area contributed by atoms with Crippen LogP contribution < -0.4 is 4.74 Å². The van der Waals surface area contributed by atoms with E-state index in [1.807, 2.05) is 58.3 Å². The molecule has 2 amide bonds. The molecule has 0 spiro atoms. The van der Waals surface area contributed by atoms with E-state index in [9.17, 15) is 9.59 Å². The minimum Gasteiger partial charge on any atom is -0.491 e. The van der Waals surface area contributed by atoms with Crippen molar-refractivity contribution in [1.82, 2.24) is 25.2 Å². The molecular formula is C29H29N5O4. The lowest BCUT2D eigenvalue weighted by Gasteiger charge is -2.42. The summed E-state index contributed by atoms with van der Waals surface area (Å²) >= 11 is 0. The smallest absolute Gasteiger partial charge is 0.254 e. The number of carbonyl (C=O) groups is 2. The Hall–Kier alpha value is -3.98. The summed E-state index contributed by atoms with van der Waals surface area (Å²) in [5.74, 6) is 2.58. The van der Waals surface area contributed by atoms with E-state index in [0.717, 1.165) is 42.5 Å². The van der Waals surface area contributed by atoms with E-state index in [-0.39, 0.29) is 11.8 Å². The van der Waals surface area contributed by atoms with Crippen molar-refractivity contribution in [2.75, 3.05) is 46.5 Å². The maximum Gasteiger partial charge on any atom is 0.254 e. The number of fused-ring (bicyclic) bond motifs is 6. The first-order chi connectivity index (χ1) is 18.6. The van der Waals surface area contributed by atoms with Gasteiger partial charge in [-0.1, -0.05) is 24.3 Å². The highest BCUT2D eigenvalue weighted by atomic mass is 16.5. The second-order valence-electron chi connectivity index (χ2n) is 10.6. The second-order valence-corrected chi connectivity index (χ2v) is 10.6. The van der Waals surface area contributed by atoms with E-state index in [1.165, 1.54) is 0 Å². The first-order valence-electron chi connectivity index (χ1n) is 13.1. The van der Waals surface area contributed by atoms with Gasteiger partial charge in [-0.3, -0.25) is 9.59 Å². The molecule has 7 rings (SSSR count). The molecule has 1 aliphatic carbocycles. The predicted molar refractivity (Wildman–Crippen MR) is 141 cm³/mol. The molecule has 2 aliphatic heterocycles. The number of H-pyrrole nitrogens is 1. The van der Waals surface area contributed by atoms with Gasteiger partial charge in [0.05, 0.1) is 6.61 Å². The molecule has 194 valence electrons. The Balaban J connectivity index is 1.04. The molecule has 1 aromatic heterocycles. The summed E-state index contributed by atoms with van der Waals surface area (Å²) in [4.78, 5) is 30.8. The van der Waals surface area contributed by atoms with Crippen molar-refractivity contribution in [1.29, 1.82) is 0 Å². The van der Waals surface area contributed by atoms with E-state index in [0.29, 0.717) is 59.3 Å². The number of carbonyl (C=O) groups excluding carboxylic acids is 2. The van der Waals surface area contributed by atoms with Gasteiger partial charge in [0.2, 0.25) is 0 Å². The molecule has 4 atom stereocenters. The van der Waals surface area contributed by atoms with Gasteiger partial charge < -0.3 is 19.3 Å². The molecule has 3 fully saturated rings. The van der Waals surface area contributed by atoms with Crippen LogP contribution in [0.2, 0.25) is 0 Å². The van der Waals surface area contributed by atoms with Crippen LogP contribution in [0.3, 0.4) is 0 Å². The average molecular weight is 512 g/mol. The molecule has 9 heteroatoms. The molecular weight excluding hydrogens is 482 g/mol. The SMILES string of the molecule is COCCOc1cc(C(=O)N2CC3C(C2)[C@@H]2CN(C(=O)c4ccc5n[nH]nc5c4)C[C@H]32)cc2ccccc12. The Morgan fingerprint density at radius 1 is 0.816 bits per heavy atom. The van der Waals surface area contributed by atoms with Crippen molar-refractivity contribution in [3.8, 4) is 5.75 Å². The standard InChI is InChI=1S/C29H29N5O4/c1-37-8-9-38-27-12-19(10-17-4-2-3-5-20(17)27)29(36)34-15-23-21-13-33(14-22(21)24(23)16-34)28(35)18-6-7-25-26(11-18)31-32-30-25/h2-7,10-12,21-24H,8-9,13-16H2,1H3,(H,30,31,32)/t21-,22+,23?,24?. The number of likely N-dealkylation sites (tertiary alicyclic amines) is 2. The van der Waals surface area contributed by atoms with Gasteiger partial charge in [-0.25, -0.2) is 0 Å². The zero-order valence-electron chi connectivity index (χ0n) is 21.2. The van der Waals surface area contributed by atoms with Crippen molar-refractivity contribution >= 4 is 33.6 Å². The molecule has 2 saturated heterocycles. The number of aromatic amines is 1. The number of rotatable bonds is 6. The van der Waals surface area contributed by atoms with Gasteiger partial charge in [0.25, 0.3) is 11.8 Å². The van der Waals surface area contributed by atoms with Crippen molar-refractivity contribution in [3.05, 3.63) is 65.7 Å². The van der Waals surface area contributed by atoms with Gasteiger partial charge >= 0.3 is 0 Å². The van der Waals surface area contributed by atoms with Crippen LogP contribution in [0, 0.1) is 23.7 Å². The largest absolute Gasteiger partial charge is 0.491 e. The summed E-state index contributed by atoms with van der Waals surface area (Å²) in [5, 5.41) is 12.8. The number of nitrogens with zero attached hydrogens (tertiary/aromatic N) is 4. The zero-order chi connectivity index (χ0) is 25.8. The molecule has 2 unspecified atom stereocenters. The van der Waals surface area contributed by atoms with Crippen LogP contribution in [0.15, 0.2) is 54.6 Å². The molecule has 1 N–H and O–H groups in total. The van der Waals surface area contributed by atoms with Crippen molar-refractivity contribution < 1.29 is 19.1 Å². The third-order valence-electron chi connectivity index (χ3n) is 8.68. The van der Waals surface area contributed by atoms with Crippen molar-refractivity contribution in [2.24, 2.45) is 23.7 Å². The summed E-state index contributed by atoms with van der Waals surface area (Å²) in [6.45, 7) is 3.89. The molecule has 3 aromatic carbocycles. The molecule has 0 radical (unpaired) electrons. The quantitative estimate of drug-likeness (QED) is 0.399. The maximum atomic E-state index is 13.6. The molecule has 9 nitrogen and oxygen atoms in total. The first kappa shape index (κ1) is 23.2. The molecule has 3 aliphatic rings. The number of hydrogen-bond acceptors (Lipinski definition) is 6. The highest BCUT2D eigenvalue weighted by Crippen LogP contribution is 2.54. The number of ether oxygens (including phenoxy) is 2. The Morgan fingerprint density at radius 3 is 2.18 bits per heavy atom. The lowest BCUT2D eigenvalue weighted by Crippen LogP contribution is -2.44. The summed E-state index contributed by atoms with van der Waals surface area (Å²) in [6.07, 6.45) is 0. The molecule has 0 bridgehead atoms. The van der Waals surface area contributed by atoms with E-state index in [4.69, 9.17) is 9.47 Å². The van der Waals surface area contributed by atoms with Gasteiger partial charge in [0.1, 0.15) is 23.4 Å². The fourth-order valence-corrected chi connectivity index (χ4v) is 6.80. The molecule has 3 heterocycles. The lowest BCUT2D eigenvalue weighted by molar-refractivity contribution is 0.0629. The van der Waals surface area contributed by atoms with E-state index >= 15 is 0 Å². The minimum atomic E-state index is 0.0486. The Labute approximate surface area is 219 Å². The van der Waals surface area contributed by atoms with Gasteiger partial charge in [0, 0.05) is 49.8 Å². The van der Waals surface area contributed by atoms with Crippen LogP contribution in [0.1, 0.15) is 20.7 Å². The van der Waals surface area contributed by atoms with Crippen LogP contribution >= 0.6 is 0 Å². The van der Waals surface area contributed by atoms with Gasteiger partial charge in [0.15, 0.2) is 0 Å². The number of methoxy groups -OCH3 is 1. The molecule has 4 aromatic rings. The second kappa shape index (κ2) is 9.09. The molecule has 1 saturated carbocycles. The third-order valence-corrected chi connectivity index (χ3v) is 8.68. The van der Waals surface area contributed by atoms with Gasteiger partial charge in [-0.2, -0.15) is 15.4 Å². The predicted octanol–water partition coefficient (Wildman–Crippen LogP) is 3.23. The topological polar surface area (TPSA) is 101 Å². The summed E-state index contributed by atoms with van der Waals surface area (Å²) < 4.78 is 11.1. The van der Waals surface area contributed by atoms with E-state index in [2.05, 4.69) is 15.4 Å². The first-order valence-corrected chi connectivity index (χ1v) is 13.1. The van der Waals surface area contributed by atoms with Gasteiger partial charge in [-0.05, 0) is 59.4 Å². The Morgan fingerprint density at radius 2 is 1.47 bits per heavy atom. The monoisotopic (exact) mass is 511 g/mol. The number of aromatic nitrogens is 3. The fraction of sp³-hybridized carbons (Fsp3) is 0.379. The van der Waals surface area contributed by atoms with Crippen molar-refractivity contribution in [2.45, 2.75) is 0 Å². The lowest BCUT2D eigenvalue weighted by atomic mass is 9.60. The molecule has 38 heavy (non-hydrogen) atoms. The van der Waals surface area contributed by atoms with Crippen molar-refractivity contribution in [3.63, 3.8) is 0 Å². The summed E-state index contributed by atoms with van der Waals surface area (Å²) in [7, 11) is 1.64. The van der Waals surface area contributed by atoms with Crippen LogP contribution in [-0.4, -0.2) is 83.5 Å². The minimum absolute atomic E-state index is 0.0486. The third kappa shape index (κ3) is 3.72. The van der Waals surface area contributed by atoms with Crippen LogP contribution in [-0.2, 0) is 4.74 Å². The van der Waals surface area contributed by atoms with Crippen LogP contribution in [0.5, 0.6) is 5.75 Å². The number of amides is 2. The average Bonchev–Trinajstić information content (AvgIpc) is 3.66. The van der Waals surface area contributed by atoms with Crippen LogP contribution in [0.25, 0.3) is 21.8 Å². The normalized spacial score (nSPS) is 23.9. The highest BCUT2D eigenvalue weighted by Gasteiger charge is 2.59. The number of hydrogen-bond donors (Lipinski definition) is 1. The number of nitrogens with one attached hydrogen (secondary N) is 1. The fourth-order valence-electron chi connectivity index (χ4n) is 6.80. The Bertz CT molecular complexity index is 1530. The zero-order valence-corrected chi connectivity index (χ0v) is 21.2. The number of benzene rings is 3. The van der Waals surface area contributed by atoms with Crippen LogP contribution in [0.4, 0.5) is 0 Å². The summed E-state index contributed by atoms with van der Waals surface area (Å²) in [6, 6.07) is 17.3. The highest BCUT2D eigenvalue weighted by molar-refractivity contribution is 6.01.